The molecule has 0 saturated carbocycles. The maximum absolute atomic E-state index is 12.4. The fourth-order valence-electron chi connectivity index (χ4n) is 2.01. The molecule has 104 valence electrons. The zero-order chi connectivity index (χ0) is 13.9. The van der Waals surface area contributed by atoms with Crippen molar-refractivity contribution < 1.29 is 18.0 Å². The lowest BCUT2D eigenvalue weighted by molar-refractivity contribution is -0.137. The second-order valence-corrected chi connectivity index (χ2v) is 4.50. The fraction of sp³-hybridized carbons (Fsp3) is 0.462. The Balaban J connectivity index is 1.97. The molecular weight excluding hydrogens is 257 g/mol. The minimum atomic E-state index is -4.33. The normalized spacial score (nSPS) is 16.5. The Labute approximate surface area is 109 Å². The molecular formula is C13H15F3N2O. The molecule has 3 nitrogen and oxygen atoms in total. The second-order valence-electron chi connectivity index (χ2n) is 4.50. The number of nitrogens with one attached hydrogen (secondary N) is 1. The van der Waals surface area contributed by atoms with Crippen LogP contribution in [0.2, 0.25) is 0 Å². The molecule has 6 heteroatoms. The molecule has 0 unspecified atom stereocenters. The molecule has 19 heavy (non-hydrogen) atoms. The van der Waals surface area contributed by atoms with Crippen molar-refractivity contribution in [2.24, 2.45) is 0 Å². The van der Waals surface area contributed by atoms with Gasteiger partial charge in [-0.25, -0.2) is 0 Å². The molecule has 0 atom stereocenters. The molecule has 0 bridgehead atoms. The van der Waals surface area contributed by atoms with E-state index in [2.05, 4.69) is 5.32 Å². The summed E-state index contributed by atoms with van der Waals surface area (Å²) >= 11 is 0. The molecule has 1 amide bonds. The average Bonchev–Trinajstić information content (AvgIpc) is 2.39. The van der Waals surface area contributed by atoms with Gasteiger partial charge < -0.3 is 10.2 Å². The lowest BCUT2D eigenvalue weighted by Crippen LogP contribution is -2.46. The number of carbonyl (C=O) groups excluding carboxylic acids is 1. The van der Waals surface area contributed by atoms with Crippen LogP contribution in [-0.4, -0.2) is 37.0 Å². The number of nitrogens with zero attached hydrogens (tertiary/aromatic N) is 1. The summed E-state index contributed by atoms with van der Waals surface area (Å²) in [5, 5.41) is 3.14. The van der Waals surface area contributed by atoms with Crippen LogP contribution in [0.25, 0.3) is 0 Å². The van der Waals surface area contributed by atoms with Crippen molar-refractivity contribution in [3.63, 3.8) is 0 Å². The Hall–Kier alpha value is -1.56. The van der Waals surface area contributed by atoms with Crippen LogP contribution in [0.4, 0.5) is 13.2 Å². The van der Waals surface area contributed by atoms with E-state index in [1.54, 1.807) is 4.90 Å². The molecule has 0 radical (unpaired) electrons. The van der Waals surface area contributed by atoms with Crippen LogP contribution >= 0.6 is 0 Å². The first-order valence-electron chi connectivity index (χ1n) is 6.11. The minimum Gasteiger partial charge on any atom is -0.340 e. The van der Waals surface area contributed by atoms with E-state index in [1.165, 1.54) is 12.1 Å². The fourth-order valence-corrected chi connectivity index (χ4v) is 2.01. The minimum absolute atomic E-state index is 0.0405. The highest BCUT2D eigenvalue weighted by Crippen LogP contribution is 2.29. The number of rotatable bonds is 2. The quantitative estimate of drug-likeness (QED) is 0.888. The van der Waals surface area contributed by atoms with Crippen LogP contribution < -0.4 is 5.32 Å². The first-order chi connectivity index (χ1) is 8.97. The van der Waals surface area contributed by atoms with Crippen molar-refractivity contribution in [2.75, 3.05) is 26.2 Å². The van der Waals surface area contributed by atoms with Crippen molar-refractivity contribution >= 4 is 5.91 Å². The maximum Gasteiger partial charge on any atom is 0.416 e. The van der Waals surface area contributed by atoms with Gasteiger partial charge in [-0.1, -0.05) is 12.1 Å². The van der Waals surface area contributed by atoms with Gasteiger partial charge in [-0.3, -0.25) is 4.79 Å². The Morgan fingerprint density at radius 3 is 2.26 bits per heavy atom. The Kier molecular flexibility index (Phi) is 4.09. The highest BCUT2D eigenvalue weighted by atomic mass is 19.4. The number of carbonyl (C=O) groups is 1. The molecule has 0 aliphatic carbocycles. The van der Waals surface area contributed by atoms with Crippen LogP contribution in [0.1, 0.15) is 11.1 Å². The Morgan fingerprint density at radius 1 is 1.16 bits per heavy atom. The van der Waals surface area contributed by atoms with Crippen molar-refractivity contribution in [1.29, 1.82) is 0 Å². The lowest BCUT2D eigenvalue weighted by Gasteiger charge is -2.27. The molecule has 1 N–H and O–H groups in total. The zero-order valence-electron chi connectivity index (χ0n) is 10.3. The van der Waals surface area contributed by atoms with E-state index in [1.807, 2.05) is 0 Å². The van der Waals surface area contributed by atoms with Crippen LogP contribution in [-0.2, 0) is 17.4 Å². The van der Waals surface area contributed by atoms with Gasteiger partial charge in [0, 0.05) is 26.2 Å². The maximum atomic E-state index is 12.4. The number of amides is 1. The standard InChI is InChI=1S/C13H15F3N2O/c14-13(15,16)11-3-1-10(2-4-11)9-12(19)18-7-5-17-6-8-18/h1-4,17H,5-9H2. The first kappa shape index (κ1) is 13.9. The number of hydrogen-bond acceptors (Lipinski definition) is 2. The Morgan fingerprint density at radius 2 is 1.74 bits per heavy atom. The lowest BCUT2D eigenvalue weighted by atomic mass is 10.1. The monoisotopic (exact) mass is 272 g/mol. The van der Waals surface area contributed by atoms with Crippen molar-refractivity contribution in [1.82, 2.24) is 10.2 Å². The molecule has 1 fully saturated rings. The Bertz CT molecular complexity index is 436. The van der Waals surface area contributed by atoms with Crippen molar-refractivity contribution in [3.05, 3.63) is 35.4 Å². The van der Waals surface area contributed by atoms with Gasteiger partial charge in [-0.05, 0) is 17.7 Å². The predicted molar refractivity (Wildman–Crippen MR) is 64.6 cm³/mol. The van der Waals surface area contributed by atoms with Crippen molar-refractivity contribution in [2.45, 2.75) is 12.6 Å². The van der Waals surface area contributed by atoms with E-state index < -0.39 is 11.7 Å². The molecule has 1 saturated heterocycles. The van der Waals surface area contributed by atoms with E-state index in [0.29, 0.717) is 18.7 Å². The van der Waals surface area contributed by atoms with E-state index in [4.69, 9.17) is 0 Å². The van der Waals surface area contributed by atoms with Gasteiger partial charge in [0.2, 0.25) is 5.91 Å². The zero-order valence-corrected chi connectivity index (χ0v) is 10.3. The third kappa shape index (κ3) is 3.70. The summed E-state index contributed by atoms with van der Waals surface area (Å²) in [4.78, 5) is 13.7. The van der Waals surface area contributed by atoms with Gasteiger partial charge >= 0.3 is 6.18 Å². The molecule has 0 aromatic heterocycles. The molecule has 1 heterocycles. The first-order valence-corrected chi connectivity index (χ1v) is 6.11. The summed E-state index contributed by atoms with van der Waals surface area (Å²) in [6.07, 6.45) is -4.18. The van der Waals surface area contributed by atoms with Crippen LogP contribution in [0.3, 0.4) is 0 Å². The largest absolute Gasteiger partial charge is 0.416 e. The number of alkyl halides is 3. The van der Waals surface area contributed by atoms with Gasteiger partial charge in [0.25, 0.3) is 0 Å². The number of benzene rings is 1. The molecule has 1 aliphatic heterocycles. The van der Waals surface area contributed by atoms with Gasteiger partial charge in [0.1, 0.15) is 0 Å². The van der Waals surface area contributed by atoms with Gasteiger partial charge in [-0.15, -0.1) is 0 Å². The van der Waals surface area contributed by atoms with Gasteiger partial charge in [0.05, 0.1) is 12.0 Å². The number of halogens is 3. The highest BCUT2D eigenvalue weighted by Gasteiger charge is 2.30. The summed E-state index contributed by atoms with van der Waals surface area (Å²) in [6, 6.07) is 4.76. The second kappa shape index (κ2) is 5.61. The number of piperazine rings is 1. The smallest absolute Gasteiger partial charge is 0.340 e. The summed E-state index contributed by atoms with van der Waals surface area (Å²) in [7, 11) is 0. The molecule has 0 spiro atoms. The molecule has 1 aliphatic rings. The van der Waals surface area contributed by atoms with Crippen LogP contribution in [0, 0.1) is 0 Å². The van der Waals surface area contributed by atoms with E-state index in [-0.39, 0.29) is 12.3 Å². The van der Waals surface area contributed by atoms with Gasteiger partial charge in [0.15, 0.2) is 0 Å². The summed E-state index contributed by atoms with van der Waals surface area (Å²) in [5.41, 5.74) is -0.0811. The SMILES string of the molecule is O=C(Cc1ccc(C(F)(F)F)cc1)N1CCNCC1. The van der Waals surface area contributed by atoms with E-state index in [0.717, 1.165) is 25.2 Å². The molecule has 2 rings (SSSR count). The predicted octanol–water partition coefficient (Wildman–Crippen LogP) is 1.68. The summed E-state index contributed by atoms with van der Waals surface area (Å²) in [5.74, 6) is -0.0405. The van der Waals surface area contributed by atoms with Crippen LogP contribution in [0.15, 0.2) is 24.3 Å². The highest BCUT2D eigenvalue weighted by molar-refractivity contribution is 5.78. The summed E-state index contributed by atoms with van der Waals surface area (Å²) < 4.78 is 37.2. The third-order valence-electron chi connectivity index (χ3n) is 3.11. The average molecular weight is 272 g/mol. The third-order valence-corrected chi connectivity index (χ3v) is 3.11. The van der Waals surface area contributed by atoms with Crippen LogP contribution in [0.5, 0.6) is 0 Å². The molecule has 1 aromatic carbocycles. The van der Waals surface area contributed by atoms with Crippen molar-refractivity contribution in [3.8, 4) is 0 Å². The van der Waals surface area contributed by atoms with E-state index in [9.17, 15) is 18.0 Å². The van der Waals surface area contributed by atoms with Gasteiger partial charge in [-0.2, -0.15) is 13.2 Å². The topological polar surface area (TPSA) is 32.3 Å². The number of hydrogen-bond donors (Lipinski definition) is 1. The van der Waals surface area contributed by atoms with E-state index >= 15 is 0 Å². The molecule has 1 aromatic rings. The summed E-state index contributed by atoms with van der Waals surface area (Å²) in [6.45, 7) is 2.83.